The van der Waals surface area contributed by atoms with Crippen LogP contribution in [0.3, 0.4) is 0 Å². The average molecular weight is 247 g/mol. The number of carbonyl (C=O) groups is 1. The van der Waals surface area contributed by atoms with Crippen LogP contribution in [-0.2, 0) is 4.79 Å². The van der Waals surface area contributed by atoms with Crippen molar-refractivity contribution in [3.63, 3.8) is 0 Å². The van der Waals surface area contributed by atoms with Crippen molar-refractivity contribution in [2.24, 2.45) is 0 Å². The van der Waals surface area contributed by atoms with Crippen molar-refractivity contribution < 1.29 is 14.6 Å². The quantitative estimate of drug-likeness (QED) is 0.832. The molecule has 0 bridgehead atoms. The molecular weight excluding hydrogens is 239 g/mol. The monoisotopic (exact) mass is 246 g/mol. The standard InChI is InChI=1S/C10H8Cl2O3/c1-6(10(13)14)5-15-8-4-2-3-7(11)9(8)12/h2-4H,1,5H2,(H,13,14). The van der Waals surface area contributed by atoms with Crippen LogP contribution in [0.5, 0.6) is 5.75 Å². The van der Waals surface area contributed by atoms with Gasteiger partial charge in [0.05, 0.1) is 10.6 Å². The number of ether oxygens (including phenoxy) is 1. The van der Waals surface area contributed by atoms with Crippen LogP contribution in [0.25, 0.3) is 0 Å². The van der Waals surface area contributed by atoms with E-state index in [2.05, 4.69) is 6.58 Å². The Labute approximate surface area is 96.9 Å². The molecule has 0 aliphatic rings. The van der Waals surface area contributed by atoms with Crippen molar-refractivity contribution in [3.05, 3.63) is 40.4 Å². The zero-order valence-electron chi connectivity index (χ0n) is 7.67. The minimum absolute atomic E-state index is 0.0500. The Morgan fingerprint density at radius 1 is 1.47 bits per heavy atom. The van der Waals surface area contributed by atoms with Crippen LogP contribution in [0.1, 0.15) is 0 Å². The third-order valence-electron chi connectivity index (χ3n) is 1.62. The molecule has 80 valence electrons. The largest absolute Gasteiger partial charge is 0.487 e. The van der Waals surface area contributed by atoms with Crippen LogP contribution in [0.2, 0.25) is 10.0 Å². The zero-order valence-corrected chi connectivity index (χ0v) is 9.18. The van der Waals surface area contributed by atoms with Gasteiger partial charge in [-0.1, -0.05) is 35.8 Å². The lowest BCUT2D eigenvalue weighted by Crippen LogP contribution is -2.09. The number of carboxylic acids is 1. The van der Waals surface area contributed by atoms with Gasteiger partial charge in [0.15, 0.2) is 0 Å². The summed E-state index contributed by atoms with van der Waals surface area (Å²) in [5.74, 6) is -0.764. The minimum Gasteiger partial charge on any atom is -0.487 e. The van der Waals surface area contributed by atoms with E-state index >= 15 is 0 Å². The fourth-order valence-corrected chi connectivity index (χ4v) is 1.17. The van der Waals surface area contributed by atoms with E-state index in [0.717, 1.165) is 0 Å². The molecule has 0 saturated carbocycles. The molecule has 1 N–H and O–H groups in total. The van der Waals surface area contributed by atoms with Gasteiger partial charge in [-0.15, -0.1) is 0 Å². The van der Waals surface area contributed by atoms with E-state index in [1.54, 1.807) is 18.2 Å². The van der Waals surface area contributed by atoms with Crippen molar-refractivity contribution in [3.8, 4) is 5.75 Å². The maximum Gasteiger partial charge on any atom is 0.334 e. The summed E-state index contributed by atoms with van der Waals surface area (Å²) in [5.41, 5.74) is -0.0500. The predicted molar refractivity (Wildman–Crippen MR) is 58.7 cm³/mol. The van der Waals surface area contributed by atoms with Crippen LogP contribution in [0.4, 0.5) is 0 Å². The molecule has 0 radical (unpaired) electrons. The van der Waals surface area contributed by atoms with Gasteiger partial charge < -0.3 is 9.84 Å². The summed E-state index contributed by atoms with van der Waals surface area (Å²) in [7, 11) is 0. The van der Waals surface area contributed by atoms with Gasteiger partial charge >= 0.3 is 5.97 Å². The molecule has 0 heterocycles. The van der Waals surface area contributed by atoms with Gasteiger partial charge in [-0.3, -0.25) is 0 Å². The highest BCUT2D eigenvalue weighted by atomic mass is 35.5. The second kappa shape index (κ2) is 5.05. The number of hydrogen-bond acceptors (Lipinski definition) is 2. The topological polar surface area (TPSA) is 46.5 Å². The van der Waals surface area contributed by atoms with E-state index in [0.29, 0.717) is 10.8 Å². The molecule has 0 spiro atoms. The van der Waals surface area contributed by atoms with E-state index in [4.69, 9.17) is 33.0 Å². The average Bonchev–Trinajstić information content (AvgIpc) is 2.19. The predicted octanol–water partition coefficient (Wildman–Crippen LogP) is 3.01. The Kier molecular flexibility index (Phi) is 4.00. The fourth-order valence-electron chi connectivity index (χ4n) is 0.822. The highest BCUT2D eigenvalue weighted by Gasteiger charge is 2.08. The van der Waals surface area contributed by atoms with Gasteiger partial charge in [-0.25, -0.2) is 4.79 Å². The first-order valence-electron chi connectivity index (χ1n) is 4.00. The van der Waals surface area contributed by atoms with Crippen LogP contribution in [0, 0.1) is 0 Å². The molecule has 0 aliphatic carbocycles. The van der Waals surface area contributed by atoms with E-state index in [-0.39, 0.29) is 17.2 Å². The smallest absolute Gasteiger partial charge is 0.334 e. The van der Waals surface area contributed by atoms with Gasteiger partial charge in [0.2, 0.25) is 0 Å². The summed E-state index contributed by atoms with van der Waals surface area (Å²) < 4.78 is 5.14. The lowest BCUT2D eigenvalue weighted by molar-refractivity contribution is -0.133. The van der Waals surface area contributed by atoms with E-state index in [1.165, 1.54) is 0 Å². The lowest BCUT2D eigenvalue weighted by Gasteiger charge is -2.08. The molecule has 0 amide bonds. The molecule has 1 aromatic rings. The summed E-state index contributed by atoms with van der Waals surface area (Å²) in [6, 6.07) is 4.87. The molecule has 15 heavy (non-hydrogen) atoms. The van der Waals surface area contributed by atoms with Crippen LogP contribution < -0.4 is 4.74 Å². The van der Waals surface area contributed by atoms with Crippen molar-refractivity contribution in [2.45, 2.75) is 0 Å². The Morgan fingerprint density at radius 2 is 2.13 bits per heavy atom. The molecule has 0 atom stereocenters. The van der Waals surface area contributed by atoms with Crippen molar-refractivity contribution in [1.82, 2.24) is 0 Å². The molecule has 0 aromatic heterocycles. The molecule has 5 heteroatoms. The first-order valence-corrected chi connectivity index (χ1v) is 4.76. The normalized spacial score (nSPS) is 9.73. The number of benzene rings is 1. The third kappa shape index (κ3) is 3.15. The second-order valence-electron chi connectivity index (χ2n) is 2.75. The number of rotatable bonds is 4. The summed E-state index contributed by atoms with van der Waals surface area (Å²) >= 11 is 11.6. The van der Waals surface area contributed by atoms with E-state index in [9.17, 15) is 4.79 Å². The molecule has 1 rings (SSSR count). The first-order chi connectivity index (χ1) is 7.02. The van der Waals surface area contributed by atoms with E-state index < -0.39 is 5.97 Å². The van der Waals surface area contributed by atoms with Gasteiger partial charge in [-0.05, 0) is 12.1 Å². The van der Waals surface area contributed by atoms with Crippen LogP contribution >= 0.6 is 23.2 Å². The minimum atomic E-state index is -1.10. The van der Waals surface area contributed by atoms with Crippen LogP contribution in [0.15, 0.2) is 30.4 Å². The number of aliphatic carboxylic acids is 1. The van der Waals surface area contributed by atoms with Crippen molar-refractivity contribution >= 4 is 29.2 Å². The molecule has 3 nitrogen and oxygen atoms in total. The third-order valence-corrected chi connectivity index (χ3v) is 2.42. The number of hydrogen-bond donors (Lipinski definition) is 1. The Hall–Kier alpha value is -1.19. The lowest BCUT2D eigenvalue weighted by atomic mass is 10.3. The summed E-state index contributed by atoms with van der Waals surface area (Å²) in [6.45, 7) is 3.19. The summed E-state index contributed by atoms with van der Waals surface area (Å²) in [4.78, 5) is 10.4. The van der Waals surface area contributed by atoms with Gasteiger partial charge in [0.25, 0.3) is 0 Å². The zero-order chi connectivity index (χ0) is 11.4. The number of halogens is 2. The molecule has 0 fully saturated rings. The number of carboxylic acid groups (broad SMARTS) is 1. The molecular formula is C10H8Cl2O3. The molecule has 0 aliphatic heterocycles. The van der Waals surface area contributed by atoms with Gasteiger partial charge in [-0.2, -0.15) is 0 Å². The summed E-state index contributed by atoms with van der Waals surface area (Å²) in [6.07, 6.45) is 0. The fraction of sp³-hybridized carbons (Fsp3) is 0.100. The summed E-state index contributed by atoms with van der Waals surface area (Å²) in [5, 5.41) is 9.16. The second-order valence-corrected chi connectivity index (χ2v) is 3.53. The van der Waals surface area contributed by atoms with E-state index in [1.807, 2.05) is 0 Å². The highest BCUT2D eigenvalue weighted by molar-refractivity contribution is 6.42. The van der Waals surface area contributed by atoms with Gasteiger partial charge in [0.1, 0.15) is 17.4 Å². The molecule has 0 unspecified atom stereocenters. The first kappa shape index (κ1) is 11.9. The SMILES string of the molecule is C=C(COc1cccc(Cl)c1Cl)C(=O)O. The highest BCUT2D eigenvalue weighted by Crippen LogP contribution is 2.31. The van der Waals surface area contributed by atoms with Gasteiger partial charge in [0, 0.05) is 0 Å². The molecule has 1 aromatic carbocycles. The molecule has 0 saturated heterocycles. The maximum absolute atomic E-state index is 10.4. The maximum atomic E-state index is 10.4. The Morgan fingerprint density at radius 3 is 2.73 bits per heavy atom. The van der Waals surface area contributed by atoms with Crippen molar-refractivity contribution in [2.75, 3.05) is 6.61 Å². The van der Waals surface area contributed by atoms with Crippen molar-refractivity contribution in [1.29, 1.82) is 0 Å². The van der Waals surface area contributed by atoms with Crippen LogP contribution in [-0.4, -0.2) is 17.7 Å². The Bertz CT molecular complexity index is 402. The Balaban J connectivity index is 2.70.